The van der Waals surface area contributed by atoms with Crippen LogP contribution in [0.1, 0.15) is 64.7 Å². The average Bonchev–Trinajstić information content (AvgIpc) is 2.25. The number of rotatable bonds is 4. The molecule has 0 heterocycles. The lowest BCUT2D eigenvalue weighted by atomic mass is 9.48. The normalized spacial score (nSPS) is 49.9. The summed E-state index contributed by atoms with van der Waals surface area (Å²) in [7, 11) is 0. The van der Waals surface area contributed by atoms with Crippen molar-refractivity contribution < 1.29 is 0 Å². The highest BCUT2D eigenvalue weighted by atomic mass is 14.8. The van der Waals surface area contributed by atoms with Gasteiger partial charge in [0.1, 0.15) is 0 Å². The van der Waals surface area contributed by atoms with E-state index >= 15 is 0 Å². The predicted molar refractivity (Wildman–Crippen MR) is 68.1 cm³/mol. The highest BCUT2D eigenvalue weighted by molar-refractivity contribution is 5.09. The zero-order valence-electron chi connectivity index (χ0n) is 10.8. The van der Waals surface area contributed by atoms with Crippen molar-refractivity contribution in [1.82, 2.24) is 0 Å². The highest BCUT2D eigenvalue weighted by Gasteiger charge is 2.54. The third-order valence-corrected chi connectivity index (χ3v) is 5.87. The smallest absolute Gasteiger partial charge is 0.0211 e. The zero-order valence-corrected chi connectivity index (χ0v) is 10.8. The van der Waals surface area contributed by atoms with Crippen molar-refractivity contribution in [3.05, 3.63) is 0 Å². The SMILES string of the molecule is CCCCCC1(N)C2CC3CC(C2)CC1C3. The lowest BCUT2D eigenvalue weighted by Gasteiger charge is -2.60. The fourth-order valence-corrected chi connectivity index (χ4v) is 5.15. The first-order valence-corrected chi connectivity index (χ1v) is 7.51. The molecule has 1 nitrogen and oxygen atoms in total. The van der Waals surface area contributed by atoms with Crippen LogP contribution >= 0.6 is 0 Å². The van der Waals surface area contributed by atoms with Gasteiger partial charge in [-0.2, -0.15) is 0 Å². The molecule has 4 fully saturated rings. The molecule has 4 aliphatic rings. The van der Waals surface area contributed by atoms with E-state index in [4.69, 9.17) is 5.73 Å². The molecule has 4 saturated carbocycles. The standard InChI is InChI=1S/C15H27N/c1-2-3-4-5-15(16)13-7-11-6-12(9-13)10-14(15)8-11/h11-14H,2-10,16H2,1H3. The maximum Gasteiger partial charge on any atom is 0.0211 e. The summed E-state index contributed by atoms with van der Waals surface area (Å²) in [5.74, 6) is 3.90. The molecular formula is C15H27N. The topological polar surface area (TPSA) is 26.0 Å². The van der Waals surface area contributed by atoms with Crippen LogP contribution in [-0.2, 0) is 0 Å². The van der Waals surface area contributed by atoms with Gasteiger partial charge in [-0.3, -0.25) is 0 Å². The molecule has 4 rings (SSSR count). The van der Waals surface area contributed by atoms with Gasteiger partial charge in [-0.1, -0.05) is 26.2 Å². The van der Waals surface area contributed by atoms with Gasteiger partial charge in [-0.25, -0.2) is 0 Å². The Labute approximate surface area is 100 Å². The molecule has 0 radical (unpaired) electrons. The Bertz CT molecular complexity index is 230. The molecule has 0 amide bonds. The van der Waals surface area contributed by atoms with E-state index in [1.165, 1.54) is 57.8 Å². The first-order chi connectivity index (χ1) is 7.72. The van der Waals surface area contributed by atoms with Crippen molar-refractivity contribution in [2.24, 2.45) is 29.4 Å². The summed E-state index contributed by atoms with van der Waals surface area (Å²) in [5.41, 5.74) is 7.08. The van der Waals surface area contributed by atoms with Gasteiger partial charge in [-0.05, 0) is 62.2 Å². The van der Waals surface area contributed by atoms with Crippen LogP contribution in [0.3, 0.4) is 0 Å². The largest absolute Gasteiger partial charge is 0.325 e. The van der Waals surface area contributed by atoms with Crippen LogP contribution in [-0.4, -0.2) is 5.54 Å². The van der Waals surface area contributed by atoms with Gasteiger partial charge in [0.25, 0.3) is 0 Å². The predicted octanol–water partition coefficient (Wildman–Crippen LogP) is 3.72. The van der Waals surface area contributed by atoms with Crippen LogP contribution in [0.2, 0.25) is 0 Å². The van der Waals surface area contributed by atoms with E-state index in [0.717, 1.165) is 23.7 Å². The Balaban J connectivity index is 1.70. The molecule has 1 heteroatoms. The summed E-state index contributed by atoms with van der Waals surface area (Å²) >= 11 is 0. The Hall–Kier alpha value is -0.0400. The van der Waals surface area contributed by atoms with Gasteiger partial charge in [0, 0.05) is 5.54 Å². The summed E-state index contributed by atoms with van der Waals surface area (Å²) in [6.45, 7) is 2.29. The minimum atomic E-state index is 0.253. The van der Waals surface area contributed by atoms with Crippen molar-refractivity contribution in [3.8, 4) is 0 Å². The van der Waals surface area contributed by atoms with Crippen LogP contribution in [0.25, 0.3) is 0 Å². The van der Waals surface area contributed by atoms with Gasteiger partial charge < -0.3 is 5.73 Å². The molecule has 4 bridgehead atoms. The molecule has 0 aromatic heterocycles. The van der Waals surface area contributed by atoms with Crippen molar-refractivity contribution in [2.75, 3.05) is 0 Å². The third-order valence-electron chi connectivity index (χ3n) is 5.87. The van der Waals surface area contributed by atoms with Crippen LogP contribution in [0.15, 0.2) is 0 Å². The second-order valence-electron chi connectivity index (χ2n) is 6.87. The van der Waals surface area contributed by atoms with Gasteiger partial charge in [0.15, 0.2) is 0 Å². The molecule has 0 aliphatic heterocycles. The fraction of sp³-hybridized carbons (Fsp3) is 1.00. The van der Waals surface area contributed by atoms with Crippen LogP contribution < -0.4 is 5.73 Å². The molecule has 0 atom stereocenters. The fourth-order valence-electron chi connectivity index (χ4n) is 5.15. The first kappa shape index (κ1) is 11.1. The van der Waals surface area contributed by atoms with E-state index in [2.05, 4.69) is 6.92 Å². The van der Waals surface area contributed by atoms with Crippen LogP contribution in [0.5, 0.6) is 0 Å². The lowest BCUT2D eigenvalue weighted by molar-refractivity contribution is -0.0595. The summed E-state index contributed by atoms with van der Waals surface area (Å²) in [5, 5.41) is 0. The molecule has 0 aromatic rings. The molecule has 0 saturated heterocycles. The highest BCUT2D eigenvalue weighted by Crippen LogP contribution is 2.58. The molecular weight excluding hydrogens is 194 g/mol. The monoisotopic (exact) mass is 221 g/mol. The van der Waals surface area contributed by atoms with Gasteiger partial charge in [0.05, 0.1) is 0 Å². The molecule has 92 valence electrons. The van der Waals surface area contributed by atoms with Crippen molar-refractivity contribution in [2.45, 2.75) is 70.3 Å². The van der Waals surface area contributed by atoms with Gasteiger partial charge in [-0.15, -0.1) is 0 Å². The first-order valence-electron chi connectivity index (χ1n) is 7.51. The third kappa shape index (κ3) is 1.63. The molecule has 0 aromatic carbocycles. The Kier molecular flexibility index (Phi) is 2.78. The number of hydrogen-bond donors (Lipinski definition) is 1. The van der Waals surface area contributed by atoms with Crippen molar-refractivity contribution in [3.63, 3.8) is 0 Å². The van der Waals surface area contributed by atoms with E-state index in [1.54, 1.807) is 0 Å². The van der Waals surface area contributed by atoms with E-state index in [9.17, 15) is 0 Å². The molecule has 16 heavy (non-hydrogen) atoms. The second-order valence-corrected chi connectivity index (χ2v) is 6.87. The lowest BCUT2D eigenvalue weighted by Crippen LogP contribution is -2.62. The van der Waals surface area contributed by atoms with Crippen LogP contribution in [0, 0.1) is 23.7 Å². The minimum absolute atomic E-state index is 0.253. The number of hydrogen-bond acceptors (Lipinski definition) is 1. The Morgan fingerprint density at radius 2 is 1.50 bits per heavy atom. The molecule has 4 aliphatic carbocycles. The van der Waals surface area contributed by atoms with E-state index < -0.39 is 0 Å². The van der Waals surface area contributed by atoms with E-state index in [1.807, 2.05) is 0 Å². The van der Waals surface area contributed by atoms with Crippen LogP contribution in [0.4, 0.5) is 0 Å². The van der Waals surface area contributed by atoms with E-state index in [0.29, 0.717) is 0 Å². The molecule has 0 spiro atoms. The van der Waals surface area contributed by atoms with Gasteiger partial charge in [0.2, 0.25) is 0 Å². The Morgan fingerprint density at radius 3 is 2.00 bits per heavy atom. The second kappa shape index (κ2) is 4.01. The van der Waals surface area contributed by atoms with E-state index in [-0.39, 0.29) is 5.54 Å². The molecule has 0 unspecified atom stereocenters. The minimum Gasteiger partial charge on any atom is -0.325 e. The van der Waals surface area contributed by atoms with Gasteiger partial charge >= 0.3 is 0 Å². The summed E-state index contributed by atoms with van der Waals surface area (Å²) in [4.78, 5) is 0. The molecule has 2 N–H and O–H groups in total. The van der Waals surface area contributed by atoms with Crippen molar-refractivity contribution in [1.29, 1.82) is 0 Å². The summed E-state index contributed by atoms with van der Waals surface area (Å²) in [6, 6.07) is 0. The maximum atomic E-state index is 6.83. The Morgan fingerprint density at radius 1 is 0.938 bits per heavy atom. The number of nitrogens with two attached hydrogens (primary N) is 1. The quantitative estimate of drug-likeness (QED) is 0.719. The number of unbranched alkanes of at least 4 members (excludes halogenated alkanes) is 2. The summed E-state index contributed by atoms with van der Waals surface area (Å²) in [6.07, 6.45) is 12.8. The van der Waals surface area contributed by atoms with Crippen molar-refractivity contribution >= 4 is 0 Å². The maximum absolute atomic E-state index is 6.83. The average molecular weight is 221 g/mol. The summed E-state index contributed by atoms with van der Waals surface area (Å²) < 4.78 is 0. The zero-order chi connectivity index (χ0) is 11.2.